The largest absolute Gasteiger partial charge is 2.00 e. The quantitative estimate of drug-likeness (QED) is 0.586. The Morgan fingerprint density at radius 2 is 1.12 bits per heavy atom. The van der Waals surface area contributed by atoms with E-state index >= 15 is 0 Å². The molecular formula is C15H23BrMg. The van der Waals surface area contributed by atoms with Gasteiger partial charge in [-0.2, -0.15) is 34.9 Å². The van der Waals surface area contributed by atoms with Crippen LogP contribution in [0.3, 0.4) is 0 Å². The van der Waals surface area contributed by atoms with Crippen molar-refractivity contribution in [3.63, 3.8) is 0 Å². The number of hydrogen-bond acceptors (Lipinski definition) is 0. The van der Waals surface area contributed by atoms with Gasteiger partial charge in [-0.15, -0.1) is 0 Å². The molecule has 0 atom stereocenters. The van der Waals surface area contributed by atoms with Crippen LogP contribution in [0.1, 0.15) is 76.0 Å². The van der Waals surface area contributed by atoms with E-state index in [0.29, 0.717) is 17.8 Å². The number of hydrogen-bond donors (Lipinski definition) is 0. The van der Waals surface area contributed by atoms with Gasteiger partial charge in [0.25, 0.3) is 0 Å². The third kappa shape index (κ3) is 5.76. The second kappa shape index (κ2) is 8.55. The van der Waals surface area contributed by atoms with E-state index in [1.54, 1.807) is 0 Å². The molecule has 0 spiro atoms. The molecule has 0 radical (unpaired) electrons. The van der Waals surface area contributed by atoms with Gasteiger partial charge in [-0.3, -0.25) is 0 Å². The average molecular weight is 308 g/mol. The molecule has 0 aliphatic rings. The molecule has 0 amide bonds. The van der Waals surface area contributed by atoms with Gasteiger partial charge in [-0.25, -0.2) is 0 Å². The minimum atomic E-state index is 0. The Morgan fingerprint density at radius 3 is 1.35 bits per heavy atom. The van der Waals surface area contributed by atoms with Crippen LogP contribution in [0.2, 0.25) is 0 Å². The van der Waals surface area contributed by atoms with Crippen molar-refractivity contribution in [2.24, 2.45) is 0 Å². The van der Waals surface area contributed by atoms with Crippen LogP contribution in [0.4, 0.5) is 0 Å². The third-order valence-corrected chi connectivity index (χ3v) is 2.84. The maximum atomic E-state index is 3.54. The SMILES string of the molecule is CC(C)c1[c-]c(C(C)C)cc(C(C)C)c1.[Br-].[Mg+2]. The van der Waals surface area contributed by atoms with Gasteiger partial charge in [0.2, 0.25) is 0 Å². The maximum absolute atomic E-state index is 3.54. The molecule has 0 aliphatic heterocycles. The minimum Gasteiger partial charge on any atom is -1.00 e. The standard InChI is InChI=1S/C15H23.BrH.Mg/c1-10(2)13-7-14(11(3)4)9-15(8-13)12(5)6;;/h7-8,10-12H,1-6H3;1H;/q-1;;+2/p-1. The van der Waals surface area contributed by atoms with E-state index in [1.807, 2.05) is 0 Å². The summed E-state index contributed by atoms with van der Waals surface area (Å²) < 4.78 is 0. The Balaban J connectivity index is 0. The normalized spacial score (nSPS) is 10.4. The van der Waals surface area contributed by atoms with Crippen LogP contribution in [0.25, 0.3) is 0 Å². The van der Waals surface area contributed by atoms with Crippen LogP contribution in [0, 0.1) is 6.07 Å². The summed E-state index contributed by atoms with van der Waals surface area (Å²) in [6.07, 6.45) is 0. The fraction of sp³-hybridized carbons (Fsp3) is 0.600. The predicted octanol–water partition coefficient (Wildman–Crippen LogP) is 1.48. The summed E-state index contributed by atoms with van der Waals surface area (Å²) in [4.78, 5) is 0. The Labute approximate surface area is 133 Å². The summed E-state index contributed by atoms with van der Waals surface area (Å²) in [6, 6.07) is 8.15. The topological polar surface area (TPSA) is 0 Å². The van der Waals surface area contributed by atoms with Gasteiger partial charge in [-0.1, -0.05) is 41.5 Å². The van der Waals surface area contributed by atoms with Gasteiger partial charge in [-0.05, 0) is 17.8 Å². The van der Waals surface area contributed by atoms with Gasteiger partial charge in [0.15, 0.2) is 0 Å². The van der Waals surface area contributed by atoms with E-state index in [9.17, 15) is 0 Å². The van der Waals surface area contributed by atoms with Gasteiger partial charge in [0.1, 0.15) is 0 Å². The zero-order chi connectivity index (χ0) is 11.6. The van der Waals surface area contributed by atoms with Crippen LogP contribution in [-0.2, 0) is 0 Å². The summed E-state index contributed by atoms with van der Waals surface area (Å²) in [7, 11) is 0. The van der Waals surface area contributed by atoms with Crippen molar-refractivity contribution in [1.82, 2.24) is 0 Å². The smallest absolute Gasteiger partial charge is 1.00 e. The summed E-state index contributed by atoms with van der Waals surface area (Å²) in [5.41, 5.74) is 4.15. The fourth-order valence-corrected chi connectivity index (χ4v) is 1.59. The van der Waals surface area contributed by atoms with Crippen LogP contribution < -0.4 is 17.0 Å². The van der Waals surface area contributed by atoms with Crippen LogP contribution in [-0.4, -0.2) is 23.1 Å². The van der Waals surface area contributed by atoms with Crippen molar-refractivity contribution in [3.05, 3.63) is 34.9 Å². The zero-order valence-corrected chi connectivity index (χ0v) is 15.0. The third-order valence-electron chi connectivity index (χ3n) is 2.84. The van der Waals surface area contributed by atoms with E-state index in [2.05, 4.69) is 59.7 Å². The number of benzene rings is 1. The molecule has 0 bridgehead atoms. The van der Waals surface area contributed by atoms with Crippen molar-refractivity contribution in [3.8, 4) is 0 Å². The first-order valence-electron chi connectivity index (χ1n) is 5.98. The molecule has 0 unspecified atom stereocenters. The van der Waals surface area contributed by atoms with Crippen LogP contribution >= 0.6 is 0 Å². The summed E-state index contributed by atoms with van der Waals surface area (Å²) in [6.45, 7) is 13.5. The van der Waals surface area contributed by atoms with Crippen molar-refractivity contribution in [2.75, 3.05) is 0 Å². The van der Waals surface area contributed by atoms with Crippen LogP contribution in [0.15, 0.2) is 12.1 Å². The van der Waals surface area contributed by atoms with Crippen molar-refractivity contribution < 1.29 is 17.0 Å². The molecule has 1 aromatic rings. The molecule has 0 aliphatic carbocycles. The average Bonchev–Trinajstić information content (AvgIpc) is 2.16. The summed E-state index contributed by atoms with van der Waals surface area (Å²) >= 11 is 0. The molecular weight excluding hydrogens is 284 g/mol. The molecule has 0 aromatic heterocycles. The summed E-state index contributed by atoms with van der Waals surface area (Å²) in [5, 5.41) is 0. The number of rotatable bonds is 3. The summed E-state index contributed by atoms with van der Waals surface area (Å²) in [5.74, 6) is 1.75. The second-order valence-electron chi connectivity index (χ2n) is 5.29. The molecule has 1 aromatic carbocycles. The van der Waals surface area contributed by atoms with Gasteiger partial charge in [0.05, 0.1) is 0 Å². The van der Waals surface area contributed by atoms with Crippen molar-refractivity contribution in [1.29, 1.82) is 0 Å². The van der Waals surface area contributed by atoms with E-state index < -0.39 is 0 Å². The zero-order valence-electron chi connectivity index (χ0n) is 12.0. The molecule has 0 heterocycles. The molecule has 92 valence electrons. The molecule has 0 saturated carbocycles. The molecule has 0 saturated heterocycles. The van der Waals surface area contributed by atoms with Crippen molar-refractivity contribution >= 4 is 23.1 Å². The molecule has 0 fully saturated rings. The monoisotopic (exact) mass is 306 g/mol. The van der Waals surface area contributed by atoms with Gasteiger partial charge >= 0.3 is 23.1 Å². The van der Waals surface area contributed by atoms with Crippen molar-refractivity contribution in [2.45, 2.75) is 59.3 Å². The Hall–Kier alpha value is 0.466. The maximum Gasteiger partial charge on any atom is 2.00 e. The predicted molar refractivity (Wildman–Crippen MR) is 73.3 cm³/mol. The first kappa shape index (κ1) is 19.8. The number of halogens is 1. The van der Waals surface area contributed by atoms with E-state index in [-0.39, 0.29) is 40.0 Å². The van der Waals surface area contributed by atoms with Crippen LogP contribution in [0.5, 0.6) is 0 Å². The van der Waals surface area contributed by atoms with E-state index in [0.717, 1.165) is 0 Å². The first-order chi connectivity index (χ1) is 6.91. The first-order valence-corrected chi connectivity index (χ1v) is 5.98. The molecule has 2 heteroatoms. The minimum absolute atomic E-state index is 0. The Kier molecular flexibility index (Phi) is 9.95. The van der Waals surface area contributed by atoms with Gasteiger partial charge in [0, 0.05) is 0 Å². The van der Waals surface area contributed by atoms with E-state index in [4.69, 9.17) is 0 Å². The van der Waals surface area contributed by atoms with E-state index in [1.165, 1.54) is 16.7 Å². The van der Waals surface area contributed by atoms with Gasteiger partial charge < -0.3 is 17.0 Å². The fourth-order valence-electron chi connectivity index (χ4n) is 1.59. The Morgan fingerprint density at radius 1 is 0.765 bits per heavy atom. The molecule has 1 rings (SSSR count). The second-order valence-corrected chi connectivity index (χ2v) is 5.29. The molecule has 0 nitrogen and oxygen atoms in total. The Bertz CT molecular complexity index is 265. The molecule has 0 N–H and O–H groups in total. The molecule has 17 heavy (non-hydrogen) atoms.